The average Bonchev–Trinajstić information content (AvgIpc) is 2.58. The molecular weight excluding hydrogens is 352 g/mol. The zero-order chi connectivity index (χ0) is 19.3. The maximum Gasteiger partial charge on any atom is 0.240 e. The van der Waals surface area contributed by atoms with Crippen LogP contribution in [0.5, 0.6) is 5.75 Å². The smallest absolute Gasteiger partial charge is 0.240 e. The Bertz CT molecular complexity index is 867. The van der Waals surface area contributed by atoms with E-state index in [4.69, 9.17) is 4.74 Å². The number of carbonyl (C=O) groups is 1. The number of aryl methyl sites for hydroxylation is 3. The Morgan fingerprint density at radius 1 is 1.04 bits per heavy atom. The van der Waals surface area contributed by atoms with E-state index in [1.54, 1.807) is 12.1 Å². The van der Waals surface area contributed by atoms with Crippen LogP contribution in [0.2, 0.25) is 0 Å². The van der Waals surface area contributed by atoms with Crippen LogP contribution in [-0.2, 0) is 14.8 Å². The molecule has 0 aliphatic rings. The van der Waals surface area contributed by atoms with E-state index in [1.165, 1.54) is 19.2 Å². The lowest BCUT2D eigenvalue weighted by molar-refractivity contribution is -0.116. The van der Waals surface area contributed by atoms with Crippen LogP contribution in [0.15, 0.2) is 41.3 Å². The van der Waals surface area contributed by atoms with Crippen LogP contribution in [0.25, 0.3) is 0 Å². The van der Waals surface area contributed by atoms with Gasteiger partial charge in [0.2, 0.25) is 15.9 Å². The molecule has 0 aliphatic heterocycles. The van der Waals surface area contributed by atoms with Crippen LogP contribution in [-0.4, -0.2) is 28.0 Å². The van der Waals surface area contributed by atoms with E-state index in [0.29, 0.717) is 5.75 Å². The second kappa shape index (κ2) is 8.33. The lowest BCUT2D eigenvalue weighted by Gasteiger charge is -2.13. The third-order valence-electron chi connectivity index (χ3n) is 3.96. The Hall–Kier alpha value is -2.38. The van der Waals surface area contributed by atoms with Gasteiger partial charge in [0, 0.05) is 18.7 Å². The van der Waals surface area contributed by atoms with Crippen molar-refractivity contribution in [3.05, 3.63) is 53.1 Å². The van der Waals surface area contributed by atoms with Gasteiger partial charge in [0.1, 0.15) is 5.75 Å². The lowest BCUT2D eigenvalue weighted by Crippen LogP contribution is -2.28. The third kappa shape index (κ3) is 5.06. The van der Waals surface area contributed by atoms with Gasteiger partial charge in [-0.15, -0.1) is 0 Å². The normalized spacial score (nSPS) is 11.2. The second-order valence-electron chi connectivity index (χ2n) is 6.15. The fraction of sp³-hybridized carbons (Fsp3) is 0.316. The molecule has 0 heterocycles. The van der Waals surface area contributed by atoms with Gasteiger partial charge in [-0.25, -0.2) is 13.1 Å². The number of hydrogen-bond donors (Lipinski definition) is 2. The highest BCUT2D eigenvalue weighted by Gasteiger charge is 2.15. The molecule has 0 bridgehead atoms. The summed E-state index contributed by atoms with van der Waals surface area (Å²) in [5, 5.41) is 2.86. The van der Waals surface area contributed by atoms with Crippen LogP contribution in [0, 0.1) is 20.8 Å². The first-order valence-corrected chi connectivity index (χ1v) is 9.72. The van der Waals surface area contributed by atoms with Crippen molar-refractivity contribution >= 4 is 21.6 Å². The van der Waals surface area contributed by atoms with Crippen molar-refractivity contribution in [1.82, 2.24) is 4.72 Å². The maximum absolute atomic E-state index is 12.2. The van der Waals surface area contributed by atoms with E-state index in [1.807, 2.05) is 32.9 Å². The highest BCUT2D eigenvalue weighted by molar-refractivity contribution is 7.89. The summed E-state index contributed by atoms with van der Waals surface area (Å²) in [7, 11) is -2.15. The van der Waals surface area contributed by atoms with E-state index in [2.05, 4.69) is 10.0 Å². The maximum atomic E-state index is 12.2. The summed E-state index contributed by atoms with van der Waals surface area (Å²) in [6.07, 6.45) is 0.0438. The summed E-state index contributed by atoms with van der Waals surface area (Å²) in [6, 6.07) is 10.1. The zero-order valence-corrected chi connectivity index (χ0v) is 16.2. The molecule has 0 unspecified atom stereocenters. The molecule has 2 aromatic rings. The Labute approximate surface area is 154 Å². The first-order chi connectivity index (χ1) is 12.2. The molecule has 26 heavy (non-hydrogen) atoms. The predicted octanol–water partition coefficient (Wildman–Crippen LogP) is 2.93. The fourth-order valence-electron chi connectivity index (χ4n) is 2.72. The van der Waals surface area contributed by atoms with Gasteiger partial charge in [0.05, 0.1) is 12.0 Å². The predicted molar refractivity (Wildman–Crippen MR) is 102 cm³/mol. The molecule has 7 heteroatoms. The number of carbonyl (C=O) groups excluding carboxylic acids is 1. The summed E-state index contributed by atoms with van der Waals surface area (Å²) in [5.74, 6) is 0.338. The number of benzene rings is 2. The average molecular weight is 376 g/mol. The zero-order valence-electron chi connectivity index (χ0n) is 15.4. The van der Waals surface area contributed by atoms with Gasteiger partial charge in [-0.05, 0) is 56.2 Å². The van der Waals surface area contributed by atoms with Crippen LogP contribution in [0.3, 0.4) is 0 Å². The molecule has 2 aromatic carbocycles. The van der Waals surface area contributed by atoms with Crippen LogP contribution in [0.4, 0.5) is 5.69 Å². The number of amides is 1. The third-order valence-corrected chi connectivity index (χ3v) is 5.43. The van der Waals surface area contributed by atoms with Crippen molar-refractivity contribution in [2.75, 3.05) is 19.0 Å². The van der Waals surface area contributed by atoms with Gasteiger partial charge >= 0.3 is 0 Å². The minimum absolute atomic E-state index is 0.0180. The van der Waals surface area contributed by atoms with Crippen molar-refractivity contribution in [2.24, 2.45) is 0 Å². The SMILES string of the molecule is COc1ccc(S(=O)(=O)NCCC(=O)Nc2c(C)cc(C)cc2C)cc1. The Balaban J connectivity index is 1.93. The molecule has 0 atom stereocenters. The first-order valence-electron chi connectivity index (χ1n) is 8.24. The van der Waals surface area contributed by atoms with Crippen molar-refractivity contribution in [3.63, 3.8) is 0 Å². The van der Waals surface area contributed by atoms with E-state index >= 15 is 0 Å². The Morgan fingerprint density at radius 2 is 1.62 bits per heavy atom. The summed E-state index contributed by atoms with van der Waals surface area (Å²) in [4.78, 5) is 12.3. The molecule has 0 radical (unpaired) electrons. The molecule has 0 aromatic heterocycles. The standard InChI is InChI=1S/C19H24N2O4S/c1-13-11-14(2)19(15(3)12-13)21-18(22)9-10-20-26(23,24)17-7-5-16(25-4)6-8-17/h5-8,11-12,20H,9-10H2,1-4H3,(H,21,22). The molecular formula is C19H24N2O4S. The van der Waals surface area contributed by atoms with E-state index in [0.717, 1.165) is 22.4 Å². The summed E-state index contributed by atoms with van der Waals surface area (Å²) in [5.41, 5.74) is 3.87. The lowest BCUT2D eigenvalue weighted by atomic mass is 10.1. The largest absolute Gasteiger partial charge is 0.497 e. The molecule has 2 N–H and O–H groups in total. The van der Waals surface area contributed by atoms with Crippen molar-refractivity contribution in [2.45, 2.75) is 32.1 Å². The molecule has 0 saturated carbocycles. The van der Waals surface area contributed by atoms with E-state index in [-0.39, 0.29) is 23.8 Å². The number of sulfonamides is 1. The van der Waals surface area contributed by atoms with Crippen molar-refractivity contribution in [3.8, 4) is 5.75 Å². The van der Waals surface area contributed by atoms with Gasteiger partial charge in [0.15, 0.2) is 0 Å². The van der Waals surface area contributed by atoms with Gasteiger partial charge < -0.3 is 10.1 Å². The number of hydrogen-bond acceptors (Lipinski definition) is 4. The van der Waals surface area contributed by atoms with Crippen LogP contribution in [0.1, 0.15) is 23.1 Å². The number of nitrogens with one attached hydrogen (secondary N) is 2. The first kappa shape index (κ1) is 19.9. The van der Waals surface area contributed by atoms with E-state index < -0.39 is 10.0 Å². The van der Waals surface area contributed by atoms with Crippen molar-refractivity contribution < 1.29 is 17.9 Å². The fourth-order valence-corrected chi connectivity index (χ4v) is 3.75. The van der Waals surface area contributed by atoms with Gasteiger partial charge in [0.25, 0.3) is 0 Å². The molecule has 0 aliphatic carbocycles. The summed E-state index contributed by atoms with van der Waals surface area (Å²) < 4.78 is 31.9. The van der Waals surface area contributed by atoms with Gasteiger partial charge in [-0.1, -0.05) is 17.7 Å². The molecule has 1 amide bonds. The Kier molecular flexibility index (Phi) is 6.39. The van der Waals surface area contributed by atoms with Crippen LogP contribution >= 0.6 is 0 Å². The number of methoxy groups -OCH3 is 1. The molecule has 0 spiro atoms. The molecule has 140 valence electrons. The second-order valence-corrected chi connectivity index (χ2v) is 7.91. The highest BCUT2D eigenvalue weighted by Crippen LogP contribution is 2.22. The van der Waals surface area contributed by atoms with Gasteiger partial charge in [-0.2, -0.15) is 0 Å². The molecule has 6 nitrogen and oxygen atoms in total. The van der Waals surface area contributed by atoms with Gasteiger partial charge in [-0.3, -0.25) is 4.79 Å². The quantitative estimate of drug-likeness (QED) is 0.778. The Morgan fingerprint density at radius 3 is 2.15 bits per heavy atom. The molecule has 0 fully saturated rings. The van der Waals surface area contributed by atoms with E-state index in [9.17, 15) is 13.2 Å². The monoisotopic (exact) mass is 376 g/mol. The topological polar surface area (TPSA) is 84.5 Å². The highest BCUT2D eigenvalue weighted by atomic mass is 32.2. The summed E-state index contributed by atoms with van der Waals surface area (Å²) in [6.45, 7) is 5.88. The minimum atomic E-state index is -3.66. The number of anilines is 1. The summed E-state index contributed by atoms with van der Waals surface area (Å²) >= 11 is 0. The van der Waals surface area contributed by atoms with Crippen molar-refractivity contribution in [1.29, 1.82) is 0 Å². The molecule has 0 saturated heterocycles. The minimum Gasteiger partial charge on any atom is -0.497 e. The number of rotatable bonds is 7. The number of ether oxygens (including phenoxy) is 1. The molecule has 2 rings (SSSR count). The van der Waals surface area contributed by atoms with Crippen LogP contribution < -0.4 is 14.8 Å².